The second kappa shape index (κ2) is 12.4. The molecule has 4 rings (SSSR count). The smallest absolute Gasteiger partial charge is 0.252 e. The molecule has 2 N–H and O–H groups in total. The third kappa shape index (κ3) is 6.97. The van der Waals surface area contributed by atoms with Crippen LogP contribution in [0.2, 0.25) is 0 Å². The molecule has 1 aromatic heterocycles. The molecular weight excluding hydrogens is 444 g/mol. The monoisotopic (exact) mass is 476 g/mol. The molecule has 1 saturated carbocycles. The van der Waals surface area contributed by atoms with Crippen LogP contribution in [-0.4, -0.2) is 40.4 Å². The summed E-state index contributed by atoms with van der Waals surface area (Å²) >= 11 is 1.42. The van der Waals surface area contributed by atoms with Gasteiger partial charge in [-0.25, -0.2) is 4.68 Å². The number of benzene rings is 2. The SMILES string of the molecule is O=C(CSc1ccccc1C(=O)NCCc1ccc(-n2cccn2)cc1)NCC1CCCCC1. The van der Waals surface area contributed by atoms with E-state index in [0.717, 1.165) is 29.1 Å². The number of amides is 2. The number of nitrogens with one attached hydrogen (secondary N) is 2. The van der Waals surface area contributed by atoms with Gasteiger partial charge < -0.3 is 10.6 Å². The van der Waals surface area contributed by atoms with E-state index in [2.05, 4.69) is 27.9 Å². The predicted molar refractivity (Wildman–Crippen MR) is 136 cm³/mol. The summed E-state index contributed by atoms with van der Waals surface area (Å²) in [5.74, 6) is 0.852. The molecule has 0 atom stereocenters. The van der Waals surface area contributed by atoms with Gasteiger partial charge in [-0.15, -0.1) is 11.8 Å². The summed E-state index contributed by atoms with van der Waals surface area (Å²) < 4.78 is 1.82. The van der Waals surface area contributed by atoms with Crippen molar-refractivity contribution >= 4 is 23.6 Å². The number of nitrogens with zero attached hydrogens (tertiary/aromatic N) is 2. The number of carbonyl (C=O) groups excluding carboxylic acids is 2. The zero-order valence-electron chi connectivity index (χ0n) is 19.4. The van der Waals surface area contributed by atoms with Gasteiger partial charge >= 0.3 is 0 Å². The molecule has 34 heavy (non-hydrogen) atoms. The highest BCUT2D eigenvalue weighted by molar-refractivity contribution is 8.00. The fourth-order valence-electron chi connectivity index (χ4n) is 4.28. The lowest BCUT2D eigenvalue weighted by Crippen LogP contribution is -2.31. The van der Waals surface area contributed by atoms with Crippen LogP contribution in [0.15, 0.2) is 71.9 Å². The van der Waals surface area contributed by atoms with Crippen LogP contribution >= 0.6 is 11.8 Å². The van der Waals surface area contributed by atoms with Crippen LogP contribution in [0.3, 0.4) is 0 Å². The van der Waals surface area contributed by atoms with Crippen LogP contribution in [0.1, 0.15) is 48.0 Å². The summed E-state index contributed by atoms with van der Waals surface area (Å²) in [5, 5.41) is 10.3. The summed E-state index contributed by atoms with van der Waals surface area (Å²) in [6.07, 6.45) is 10.7. The molecule has 2 amide bonds. The molecule has 3 aromatic rings. The normalized spacial score (nSPS) is 14.0. The molecule has 1 fully saturated rings. The highest BCUT2D eigenvalue weighted by Gasteiger charge is 2.16. The highest BCUT2D eigenvalue weighted by Crippen LogP contribution is 2.24. The van der Waals surface area contributed by atoms with Crippen LogP contribution in [0.25, 0.3) is 5.69 Å². The van der Waals surface area contributed by atoms with E-state index >= 15 is 0 Å². The molecule has 7 heteroatoms. The van der Waals surface area contributed by atoms with Crippen molar-refractivity contribution in [2.75, 3.05) is 18.8 Å². The van der Waals surface area contributed by atoms with E-state index in [4.69, 9.17) is 0 Å². The molecule has 0 unspecified atom stereocenters. The number of carbonyl (C=O) groups is 2. The van der Waals surface area contributed by atoms with E-state index in [1.165, 1.54) is 43.9 Å². The first kappa shape index (κ1) is 24.1. The van der Waals surface area contributed by atoms with Gasteiger partial charge in [0.1, 0.15) is 0 Å². The van der Waals surface area contributed by atoms with Crippen LogP contribution in [0.4, 0.5) is 0 Å². The minimum Gasteiger partial charge on any atom is -0.355 e. The van der Waals surface area contributed by atoms with Gasteiger partial charge in [0.2, 0.25) is 5.91 Å². The van der Waals surface area contributed by atoms with Crippen molar-refractivity contribution in [1.82, 2.24) is 20.4 Å². The van der Waals surface area contributed by atoms with Crippen molar-refractivity contribution in [1.29, 1.82) is 0 Å². The average molecular weight is 477 g/mol. The van der Waals surface area contributed by atoms with Gasteiger partial charge in [0.15, 0.2) is 0 Å². The maximum Gasteiger partial charge on any atom is 0.252 e. The Bertz CT molecular complexity index is 1060. The van der Waals surface area contributed by atoms with Crippen molar-refractivity contribution in [2.45, 2.75) is 43.4 Å². The van der Waals surface area contributed by atoms with Crippen molar-refractivity contribution in [3.8, 4) is 5.69 Å². The fraction of sp³-hybridized carbons (Fsp3) is 0.370. The van der Waals surface area contributed by atoms with Gasteiger partial charge in [0.25, 0.3) is 5.91 Å². The van der Waals surface area contributed by atoms with E-state index in [1.54, 1.807) is 6.20 Å². The van der Waals surface area contributed by atoms with Gasteiger partial charge in [-0.2, -0.15) is 5.10 Å². The quantitative estimate of drug-likeness (QED) is 0.418. The lowest BCUT2D eigenvalue weighted by Gasteiger charge is -2.21. The van der Waals surface area contributed by atoms with Gasteiger partial charge in [0.05, 0.1) is 17.0 Å². The Morgan fingerprint density at radius 1 is 0.971 bits per heavy atom. The number of hydrogen-bond donors (Lipinski definition) is 2. The second-order valence-corrected chi connectivity index (χ2v) is 9.73. The maximum absolute atomic E-state index is 12.8. The zero-order chi connectivity index (χ0) is 23.6. The molecule has 1 aliphatic carbocycles. The van der Waals surface area contributed by atoms with Gasteiger partial charge in [-0.1, -0.05) is 43.5 Å². The number of rotatable bonds is 10. The van der Waals surface area contributed by atoms with E-state index in [-0.39, 0.29) is 11.8 Å². The van der Waals surface area contributed by atoms with Crippen LogP contribution < -0.4 is 10.6 Å². The average Bonchev–Trinajstić information content (AvgIpc) is 3.42. The zero-order valence-corrected chi connectivity index (χ0v) is 20.2. The first-order chi connectivity index (χ1) is 16.7. The molecule has 0 saturated heterocycles. The molecular formula is C27H32N4O2S. The molecule has 0 aliphatic heterocycles. The molecule has 1 heterocycles. The van der Waals surface area contributed by atoms with Crippen molar-refractivity contribution < 1.29 is 9.59 Å². The summed E-state index contributed by atoms with van der Waals surface area (Å²) in [6, 6.07) is 17.5. The third-order valence-corrected chi connectivity index (χ3v) is 7.28. The topological polar surface area (TPSA) is 76.0 Å². The molecule has 6 nitrogen and oxygen atoms in total. The minimum absolute atomic E-state index is 0.0318. The van der Waals surface area contributed by atoms with E-state index in [1.807, 2.05) is 53.3 Å². The summed E-state index contributed by atoms with van der Waals surface area (Å²) in [4.78, 5) is 26.0. The number of aromatic nitrogens is 2. The van der Waals surface area contributed by atoms with Gasteiger partial charge in [-0.05, 0) is 61.1 Å². The summed E-state index contributed by atoms with van der Waals surface area (Å²) in [7, 11) is 0. The Morgan fingerprint density at radius 3 is 2.53 bits per heavy atom. The first-order valence-corrected chi connectivity index (χ1v) is 13.0. The Balaban J connectivity index is 1.23. The van der Waals surface area contributed by atoms with Gasteiger partial charge in [0, 0.05) is 30.4 Å². The Hall–Kier alpha value is -3.06. The van der Waals surface area contributed by atoms with Crippen molar-refractivity contribution in [3.63, 3.8) is 0 Å². The predicted octanol–water partition coefficient (Wildman–Crippen LogP) is 4.63. The molecule has 0 bridgehead atoms. The highest BCUT2D eigenvalue weighted by atomic mass is 32.2. The first-order valence-electron chi connectivity index (χ1n) is 12.0. The molecule has 178 valence electrons. The number of thioether (sulfide) groups is 1. The minimum atomic E-state index is -0.112. The van der Waals surface area contributed by atoms with E-state index in [0.29, 0.717) is 23.8 Å². The molecule has 0 radical (unpaired) electrons. The Kier molecular flexibility index (Phi) is 8.79. The van der Waals surface area contributed by atoms with Crippen molar-refractivity contribution in [3.05, 3.63) is 78.1 Å². The standard InChI is InChI=1S/C27H32N4O2S/c32-26(29-19-22-7-2-1-3-8-22)20-34-25-10-5-4-9-24(25)27(33)28-17-15-21-11-13-23(14-12-21)31-18-6-16-30-31/h4-6,9-14,16,18,22H,1-3,7-8,15,17,19-20H2,(H,28,33)(H,29,32). The molecule has 0 spiro atoms. The fourth-order valence-corrected chi connectivity index (χ4v) is 5.16. The van der Waals surface area contributed by atoms with Crippen LogP contribution in [0.5, 0.6) is 0 Å². The lowest BCUT2D eigenvalue weighted by atomic mass is 9.89. The summed E-state index contributed by atoms with van der Waals surface area (Å²) in [6.45, 7) is 1.31. The van der Waals surface area contributed by atoms with Crippen molar-refractivity contribution in [2.24, 2.45) is 5.92 Å². The van der Waals surface area contributed by atoms with E-state index < -0.39 is 0 Å². The Labute approximate surface area is 205 Å². The largest absolute Gasteiger partial charge is 0.355 e. The van der Waals surface area contributed by atoms with E-state index in [9.17, 15) is 9.59 Å². The van der Waals surface area contributed by atoms with Gasteiger partial charge in [-0.3, -0.25) is 9.59 Å². The Morgan fingerprint density at radius 2 is 1.76 bits per heavy atom. The van der Waals surface area contributed by atoms with Crippen LogP contribution in [0, 0.1) is 5.92 Å². The molecule has 1 aliphatic rings. The van der Waals surface area contributed by atoms with Crippen LogP contribution in [-0.2, 0) is 11.2 Å². The third-order valence-electron chi connectivity index (χ3n) is 6.21. The lowest BCUT2D eigenvalue weighted by molar-refractivity contribution is -0.118. The summed E-state index contributed by atoms with van der Waals surface area (Å²) in [5.41, 5.74) is 2.77. The maximum atomic E-state index is 12.8. The number of hydrogen-bond acceptors (Lipinski definition) is 4. The second-order valence-electron chi connectivity index (χ2n) is 8.72. The molecule has 2 aromatic carbocycles.